The van der Waals surface area contributed by atoms with Crippen molar-refractivity contribution in [3.8, 4) is 5.75 Å². The second kappa shape index (κ2) is 7.94. The number of nitrogens with zero attached hydrogens (tertiary/aromatic N) is 2. The van der Waals surface area contributed by atoms with E-state index >= 15 is 0 Å². The van der Waals surface area contributed by atoms with Gasteiger partial charge in [-0.1, -0.05) is 22.0 Å². The third-order valence-electron chi connectivity index (χ3n) is 3.75. The summed E-state index contributed by atoms with van der Waals surface area (Å²) in [5.74, 6) is -0.162. The second-order valence-corrected chi connectivity index (χ2v) is 9.07. The summed E-state index contributed by atoms with van der Waals surface area (Å²) in [4.78, 5) is 28.8. The van der Waals surface area contributed by atoms with Gasteiger partial charge in [0, 0.05) is 17.7 Å². The lowest BCUT2D eigenvalue weighted by atomic mass is 10.1. The number of benzene rings is 1. The number of carbonyl (C=O) groups excluding carboxylic acids is 2. The van der Waals surface area contributed by atoms with Gasteiger partial charge in [-0.05, 0) is 47.7 Å². The third kappa shape index (κ3) is 4.05. The zero-order valence-electron chi connectivity index (χ0n) is 14.7. The van der Waals surface area contributed by atoms with Crippen LogP contribution >= 0.6 is 27.7 Å². The molecular weight excluding hydrogens is 470 g/mol. The van der Waals surface area contributed by atoms with Gasteiger partial charge < -0.3 is 4.74 Å². The van der Waals surface area contributed by atoms with Crippen LogP contribution in [0, 0.1) is 0 Å². The molecule has 0 atom stereocenters. The molecule has 2 heterocycles. The Morgan fingerprint density at radius 3 is 2.61 bits per heavy atom. The first-order valence-electron chi connectivity index (χ1n) is 7.76. The molecule has 0 radical (unpaired) electrons. The van der Waals surface area contributed by atoms with Crippen molar-refractivity contribution < 1.29 is 22.7 Å². The highest BCUT2D eigenvalue weighted by molar-refractivity contribution is 9.10. The van der Waals surface area contributed by atoms with Crippen molar-refractivity contribution in [1.82, 2.24) is 9.88 Å². The molecule has 11 heteroatoms. The molecule has 1 aliphatic rings. The molecule has 1 aromatic carbocycles. The quantitative estimate of drug-likeness (QED) is 0.649. The predicted octanol–water partition coefficient (Wildman–Crippen LogP) is 3.32. The number of thioether (sulfide) groups is 1. The second-order valence-electron chi connectivity index (χ2n) is 5.59. The monoisotopic (exact) mass is 483 g/mol. The van der Waals surface area contributed by atoms with Crippen LogP contribution in [0.2, 0.25) is 0 Å². The van der Waals surface area contributed by atoms with Gasteiger partial charge in [0.25, 0.3) is 21.2 Å². The lowest BCUT2D eigenvalue weighted by Crippen LogP contribution is -2.22. The number of rotatable bonds is 5. The first-order valence-corrected chi connectivity index (χ1v) is 10.8. The van der Waals surface area contributed by atoms with Crippen molar-refractivity contribution in [2.24, 2.45) is 0 Å². The van der Waals surface area contributed by atoms with Gasteiger partial charge in [-0.25, -0.2) is 4.98 Å². The zero-order valence-corrected chi connectivity index (χ0v) is 17.9. The number of pyridine rings is 1. The number of sulfonamides is 1. The molecule has 1 N–H and O–H groups in total. The molecule has 0 unspecified atom stereocenters. The summed E-state index contributed by atoms with van der Waals surface area (Å²) >= 11 is 4.19. The van der Waals surface area contributed by atoms with E-state index in [1.807, 2.05) is 0 Å². The Hall–Kier alpha value is -2.37. The van der Waals surface area contributed by atoms with E-state index in [9.17, 15) is 18.0 Å². The van der Waals surface area contributed by atoms with Crippen LogP contribution in [0.15, 0.2) is 50.9 Å². The number of aromatic nitrogens is 1. The molecule has 146 valence electrons. The van der Waals surface area contributed by atoms with Crippen molar-refractivity contribution in [2.75, 3.05) is 18.9 Å². The molecule has 28 heavy (non-hydrogen) atoms. The Balaban J connectivity index is 1.97. The molecule has 1 fully saturated rings. The van der Waals surface area contributed by atoms with E-state index in [-0.39, 0.29) is 26.6 Å². The van der Waals surface area contributed by atoms with Crippen molar-refractivity contribution in [2.45, 2.75) is 5.03 Å². The summed E-state index contributed by atoms with van der Waals surface area (Å²) in [6, 6.07) is 7.63. The van der Waals surface area contributed by atoms with E-state index in [0.717, 1.165) is 16.7 Å². The molecule has 1 aliphatic heterocycles. The summed E-state index contributed by atoms with van der Waals surface area (Å²) < 4.78 is 33.3. The number of carbonyl (C=O) groups is 2. The minimum Gasteiger partial charge on any atom is -0.495 e. The molecule has 8 nitrogen and oxygen atoms in total. The van der Waals surface area contributed by atoms with Crippen molar-refractivity contribution in [3.63, 3.8) is 0 Å². The standard InChI is InChI=1S/C17H14BrN3O5S2/c1-21-16(22)14(27-17(21)23)8-10-7-13(26-2)12(9-11(10)18)20-28(24,25)15-5-3-4-6-19-15/h3-9,20H,1-2H3/b14-8-. The van der Waals surface area contributed by atoms with Crippen LogP contribution in [0.25, 0.3) is 6.08 Å². The molecule has 0 spiro atoms. The number of likely N-dealkylation sites (N-methyl/N-ethyl adjacent to an activating group) is 1. The van der Waals surface area contributed by atoms with E-state index in [1.54, 1.807) is 18.2 Å². The van der Waals surface area contributed by atoms with Gasteiger partial charge in [0.05, 0.1) is 17.7 Å². The minimum absolute atomic E-state index is 0.131. The average molecular weight is 484 g/mol. The molecular formula is C17H14BrN3O5S2. The fourth-order valence-corrected chi connectivity index (χ4v) is 4.61. The molecule has 0 saturated carbocycles. The van der Waals surface area contributed by atoms with E-state index in [1.165, 1.54) is 38.6 Å². The fraction of sp³-hybridized carbons (Fsp3) is 0.118. The van der Waals surface area contributed by atoms with Crippen molar-refractivity contribution >= 4 is 60.6 Å². The van der Waals surface area contributed by atoms with Crippen LogP contribution in [0.5, 0.6) is 5.75 Å². The van der Waals surface area contributed by atoms with Gasteiger partial charge in [-0.2, -0.15) is 8.42 Å². The molecule has 1 saturated heterocycles. The number of amides is 2. The van der Waals surface area contributed by atoms with Crippen LogP contribution in [-0.2, 0) is 14.8 Å². The molecule has 2 amide bonds. The van der Waals surface area contributed by atoms with Crippen LogP contribution in [0.1, 0.15) is 5.56 Å². The Kier molecular flexibility index (Phi) is 5.77. The van der Waals surface area contributed by atoms with Gasteiger partial charge in [0.1, 0.15) is 5.75 Å². The summed E-state index contributed by atoms with van der Waals surface area (Å²) in [5, 5.41) is -0.493. The zero-order chi connectivity index (χ0) is 20.5. The Bertz CT molecular complexity index is 1090. The van der Waals surface area contributed by atoms with E-state index in [4.69, 9.17) is 4.74 Å². The largest absolute Gasteiger partial charge is 0.495 e. The number of hydrogen-bond acceptors (Lipinski definition) is 7. The normalized spacial score (nSPS) is 16.0. The average Bonchev–Trinajstić information content (AvgIpc) is 2.91. The first-order chi connectivity index (χ1) is 13.2. The molecule has 0 bridgehead atoms. The summed E-state index contributed by atoms with van der Waals surface area (Å²) in [7, 11) is -1.11. The van der Waals surface area contributed by atoms with Gasteiger partial charge >= 0.3 is 0 Å². The van der Waals surface area contributed by atoms with E-state index < -0.39 is 15.9 Å². The Morgan fingerprint density at radius 2 is 2.04 bits per heavy atom. The maximum Gasteiger partial charge on any atom is 0.293 e. The number of anilines is 1. The Morgan fingerprint density at radius 1 is 1.29 bits per heavy atom. The van der Waals surface area contributed by atoms with Gasteiger partial charge in [-0.15, -0.1) is 0 Å². The highest BCUT2D eigenvalue weighted by Gasteiger charge is 2.32. The van der Waals surface area contributed by atoms with Gasteiger partial charge in [0.15, 0.2) is 5.03 Å². The molecule has 3 rings (SSSR count). The van der Waals surface area contributed by atoms with Crippen LogP contribution in [0.3, 0.4) is 0 Å². The maximum absolute atomic E-state index is 12.5. The lowest BCUT2D eigenvalue weighted by molar-refractivity contribution is -0.121. The maximum atomic E-state index is 12.5. The highest BCUT2D eigenvalue weighted by Crippen LogP contribution is 2.37. The minimum atomic E-state index is -3.91. The molecule has 0 aliphatic carbocycles. The van der Waals surface area contributed by atoms with E-state index in [0.29, 0.717) is 10.0 Å². The summed E-state index contributed by atoms with van der Waals surface area (Å²) in [5.41, 5.74) is 0.748. The number of nitrogens with one attached hydrogen (secondary N) is 1. The van der Waals surface area contributed by atoms with Gasteiger partial charge in [0.2, 0.25) is 0 Å². The van der Waals surface area contributed by atoms with Crippen LogP contribution < -0.4 is 9.46 Å². The topological polar surface area (TPSA) is 106 Å². The Labute approximate surface area is 174 Å². The number of ether oxygens (including phenoxy) is 1. The van der Waals surface area contributed by atoms with Crippen LogP contribution in [0.4, 0.5) is 10.5 Å². The predicted molar refractivity (Wildman–Crippen MR) is 109 cm³/mol. The van der Waals surface area contributed by atoms with Crippen molar-refractivity contribution in [1.29, 1.82) is 0 Å². The molecule has 2 aromatic rings. The summed E-state index contributed by atoms with van der Waals surface area (Å²) in [6.45, 7) is 0. The molecule has 1 aromatic heterocycles. The number of methoxy groups -OCH3 is 1. The SMILES string of the molecule is COc1cc(/C=C2\SC(=O)N(C)C2=O)c(Br)cc1NS(=O)(=O)c1ccccn1. The van der Waals surface area contributed by atoms with Gasteiger partial charge in [-0.3, -0.25) is 19.2 Å². The fourth-order valence-electron chi connectivity index (χ4n) is 2.32. The smallest absolute Gasteiger partial charge is 0.293 e. The summed E-state index contributed by atoms with van der Waals surface area (Å²) in [6.07, 6.45) is 2.92. The lowest BCUT2D eigenvalue weighted by Gasteiger charge is -2.13. The van der Waals surface area contributed by atoms with Crippen LogP contribution in [-0.4, -0.2) is 43.6 Å². The highest BCUT2D eigenvalue weighted by atomic mass is 79.9. The number of halogens is 1. The van der Waals surface area contributed by atoms with E-state index in [2.05, 4.69) is 25.6 Å². The van der Waals surface area contributed by atoms with Crippen molar-refractivity contribution in [3.05, 3.63) is 51.5 Å². The number of hydrogen-bond donors (Lipinski definition) is 1. The first kappa shape index (κ1) is 20.4. The number of imide groups is 1. The third-order valence-corrected chi connectivity index (χ3v) is 6.68.